The van der Waals surface area contributed by atoms with Gasteiger partial charge >= 0.3 is 0 Å². The maximum atomic E-state index is 10.1. The number of aliphatic hydroxyl groups is 1. The van der Waals surface area contributed by atoms with Gasteiger partial charge in [-0.05, 0) is 36.9 Å². The summed E-state index contributed by atoms with van der Waals surface area (Å²) in [6.07, 6.45) is 2.42. The number of anilines is 1. The third-order valence-electron chi connectivity index (χ3n) is 3.66. The molecule has 1 aromatic carbocycles. The van der Waals surface area contributed by atoms with Gasteiger partial charge in [-0.1, -0.05) is 6.92 Å². The molecule has 0 aliphatic carbocycles. The Kier molecular flexibility index (Phi) is 3.14. The number of rotatable bonds is 4. The Balaban J connectivity index is 1.95. The summed E-state index contributed by atoms with van der Waals surface area (Å²) in [5, 5.41) is 15.3. The van der Waals surface area contributed by atoms with Crippen molar-refractivity contribution in [3.63, 3.8) is 0 Å². The molecule has 0 fully saturated rings. The van der Waals surface area contributed by atoms with Gasteiger partial charge in [0.25, 0.3) is 0 Å². The Hall–Kier alpha value is -2.01. The molecule has 1 unspecified atom stereocenters. The SMILES string of the molecule is CCC(C)(O)CNc1nccc2cc3c(cc12)OCO3. The molecule has 0 saturated carbocycles. The summed E-state index contributed by atoms with van der Waals surface area (Å²) < 4.78 is 10.8. The van der Waals surface area contributed by atoms with Gasteiger partial charge < -0.3 is 19.9 Å². The van der Waals surface area contributed by atoms with Crippen LogP contribution < -0.4 is 14.8 Å². The molecule has 1 aliphatic heterocycles. The second kappa shape index (κ2) is 4.83. The van der Waals surface area contributed by atoms with Crippen molar-refractivity contribution in [3.8, 4) is 11.5 Å². The van der Waals surface area contributed by atoms with Gasteiger partial charge in [0, 0.05) is 18.1 Å². The first kappa shape index (κ1) is 13.0. The Morgan fingerprint density at radius 1 is 1.35 bits per heavy atom. The fourth-order valence-electron chi connectivity index (χ4n) is 2.10. The van der Waals surface area contributed by atoms with Crippen LogP contribution in [-0.4, -0.2) is 29.0 Å². The van der Waals surface area contributed by atoms with Crippen LogP contribution in [0, 0.1) is 0 Å². The van der Waals surface area contributed by atoms with Gasteiger partial charge in [0.2, 0.25) is 6.79 Å². The van der Waals surface area contributed by atoms with E-state index in [0.29, 0.717) is 13.0 Å². The highest BCUT2D eigenvalue weighted by molar-refractivity contribution is 5.94. The van der Waals surface area contributed by atoms with Crippen LogP contribution >= 0.6 is 0 Å². The number of hydrogen-bond donors (Lipinski definition) is 2. The molecule has 0 spiro atoms. The fraction of sp³-hybridized carbons (Fsp3) is 0.400. The van der Waals surface area contributed by atoms with Gasteiger partial charge in [0.05, 0.1) is 5.60 Å². The van der Waals surface area contributed by atoms with Gasteiger partial charge in [-0.25, -0.2) is 4.98 Å². The molecule has 1 atom stereocenters. The summed E-state index contributed by atoms with van der Waals surface area (Å²) in [5.41, 5.74) is -0.750. The van der Waals surface area contributed by atoms with Crippen LogP contribution in [0.4, 0.5) is 5.82 Å². The van der Waals surface area contributed by atoms with Crippen LogP contribution in [-0.2, 0) is 0 Å². The molecule has 0 amide bonds. The van der Waals surface area contributed by atoms with Crippen molar-refractivity contribution in [2.45, 2.75) is 25.9 Å². The van der Waals surface area contributed by atoms with Crippen molar-refractivity contribution in [1.29, 1.82) is 0 Å². The van der Waals surface area contributed by atoms with E-state index >= 15 is 0 Å². The Labute approximate surface area is 117 Å². The van der Waals surface area contributed by atoms with E-state index in [9.17, 15) is 5.11 Å². The van der Waals surface area contributed by atoms with Crippen molar-refractivity contribution in [2.75, 3.05) is 18.7 Å². The minimum Gasteiger partial charge on any atom is -0.454 e. The summed E-state index contributed by atoms with van der Waals surface area (Å²) in [5.74, 6) is 2.24. The van der Waals surface area contributed by atoms with Crippen molar-refractivity contribution in [2.24, 2.45) is 0 Å². The standard InChI is InChI=1S/C15H18N2O3/c1-3-15(2,18)8-17-14-11-7-13-12(19-9-20-13)6-10(11)4-5-16-14/h4-7,18H,3,8-9H2,1-2H3,(H,16,17). The lowest BCUT2D eigenvalue weighted by molar-refractivity contribution is 0.0697. The van der Waals surface area contributed by atoms with E-state index in [4.69, 9.17) is 9.47 Å². The Morgan fingerprint density at radius 2 is 2.10 bits per heavy atom. The maximum absolute atomic E-state index is 10.1. The molecule has 1 aromatic heterocycles. The molecule has 2 heterocycles. The number of benzene rings is 1. The van der Waals surface area contributed by atoms with Crippen LogP contribution in [0.3, 0.4) is 0 Å². The number of ether oxygens (including phenoxy) is 2. The molecule has 0 radical (unpaired) electrons. The zero-order chi connectivity index (χ0) is 14.2. The van der Waals surface area contributed by atoms with Crippen LogP contribution in [0.15, 0.2) is 24.4 Å². The van der Waals surface area contributed by atoms with E-state index in [1.54, 1.807) is 13.1 Å². The summed E-state index contributed by atoms with van der Waals surface area (Å²) in [4.78, 5) is 4.35. The van der Waals surface area contributed by atoms with Gasteiger partial charge in [-0.15, -0.1) is 0 Å². The fourth-order valence-corrected chi connectivity index (χ4v) is 2.10. The van der Waals surface area contributed by atoms with E-state index in [1.807, 2.05) is 25.1 Å². The first-order valence-corrected chi connectivity index (χ1v) is 6.74. The smallest absolute Gasteiger partial charge is 0.231 e. The lowest BCUT2D eigenvalue weighted by atomic mass is 10.0. The van der Waals surface area contributed by atoms with Gasteiger partial charge in [0.15, 0.2) is 11.5 Å². The van der Waals surface area contributed by atoms with Gasteiger partial charge in [-0.3, -0.25) is 0 Å². The largest absolute Gasteiger partial charge is 0.454 e. The highest BCUT2D eigenvalue weighted by Crippen LogP contribution is 2.37. The zero-order valence-corrected chi connectivity index (χ0v) is 11.6. The molecule has 0 saturated heterocycles. The van der Waals surface area contributed by atoms with Crippen LogP contribution in [0.1, 0.15) is 20.3 Å². The maximum Gasteiger partial charge on any atom is 0.231 e. The summed E-state index contributed by atoms with van der Waals surface area (Å²) in [6.45, 7) is 4.46. The zero-order valence-electron chi connectivity index (χ0n) is 11.6. The molecule has 20 heavy (non-hydrogen) atoms. The Morgan fingerprint density at radius 3 is 2.85 bits per heavy atom. The normalized spacial score (nSPS) is 16.1. The third kappa shape index (κ3) is 2.36. The molecule has 1 aliphatic rings. The molecular formula is C15H18N2O3. The first-order valence-electron chi connectivity index (χ1n) is 6.74. The van der Waals surface area contributed by atoms with Crippen LogP contribution in [0.2, 0.25) is 0 Å². The first-order chi connectivity index (χ1) is 9.59. The van der Waals surface area contributed by atoms with Gasteiger partial charge in [0.1, 0.15) is 5.82 Å². The summed E-state index contributed by atoms with van der Waals surface area (Å²) in [6, 6.07) is 5.80. The van der Waals surface area contributed by atoms with Gasteiger partial charge in [-0.2, -0.15) is 0 Å². The molecule has 5 nitrogen and oxygen atoms in total. The number of nitrogens with one attached hydrogen (secondary N) is 1. The van der Waals surface area contributed by atoms with Crippen molar-refractivity contribution >= 4 is 16.6 Å². The molecule has 2 N–H and O–H groups in total. The highest BCUT2D eigenvalue weighted by Gasteiger charge is 2.19. The number of fused-ring (bicyclic) bond motifs is 2. The predicted octanol–water partition coefficient (Wildman–Crippen LogP) is 2.54. The van der Waals surface area contributed by atoms with Crippen molar-refractivity contribution in [1.82, 2.24) is 4.98 Å². The second-order valence-corrected chi connectivity index (χ2v) is 5.29. The average molecular weight is 274 g/mol. The van der Waals surface area contributed by atoms with E-state index in [2.05, 4.69) is 10.3 Å². The van der Waals surface area contributed by atoms with Crippen molar-refractivity contribution < 1.29 is 14.6 Å². The molecule has 0 bridgehead atoms. The number of aromatic nitrogens is 1. The number of nitrogens with zero attached hydrogens (tertiary/aromatic N) is 1. The Bertz CT molecular complexity index is 640. The monoisotopic (exact) mass is 274 g/mol. The summed E-state index contributed by atoms with van der Waals surface area (Å²) >= 11 is 0. The highest BCUT2D eigenvalue weighted by atomic mass is 16.7. The molecule has 3 rings (SSSR count). The van der Waals surface area contributed by atoms with Crippen LogP contribution in [0.5, 0.6) is 11.5 Å². The minimum absolute atomic E-state index is 0.256. The predicted molar refractivity (Wildman–Crippen MR) is 77.3 cm³/mol. The van der Waals surface area contributed by atoms with E-state index < -0.39 is 5.60 Å². The average Bonchev–Trinajstić information content (AvgIpc) is 2.90. The van der Waals surface area contributed by atoms with Crippen molar-refractivity contribution in [3.05, 3.63) is 24.4 Å². The van der Waals surface area contributed by atoms with E-state index in [0.717, 1.165) is 28.1 Å². The topological polar surface area (TPSA) is 63.6 Å². The van der Waals surface area contributed by atoms with E-state index in [1.165, 1.54) is 0 Å². The van der Waals surface area contributed by atoms with E-state index in [-0.39, 0.29) is 6.79 Å². The molecular weight excluding hydrogens is 256 g/mol. The molecule has 106 valence electrons. The molecule has 5 heteroatoms. The lowest BCUT2D eigenvalue weighted by Gasteiger charge is -2.22. The number of hydrogen-bond acceptors (Lipinski definition) is 5. The quantitative estimate of drug-likeness (QED) is 0.897. The number of pyridine rings is 1. The molecule has 2 aromatic rings. The van der Waals surface area contributed by atoms with Crippen LogP contribution in [0.25, 0.3) is 10.8 Å². The second-order valence-electron chi connectivity index (χ2n) is 5.29. The minimum atomic E-state index is -0.750. The lowest BCUT2D eigenvalue weighted by Crippen LogP contribution is -2.32. The third-order valence-corrected chi connectivity index (χ3v) is 3.66. The summed E-state index contributed by atoms with van der Waals surface area (Å²) in [7, 11) is 0.